The summed E-state index contributed by atoms with van der Waals surface area (Å²) in [6, 6.07) is 15.8. The molecule has 0 aromatic heterocycles. The van der Waals surface area contributed by atoms with Gasteiger partial charge in [0.1, 0.15) is 0 Å². The summed E-state index contributed by atoms with van der Waals surface area (Å²) in [7, 11) is 0. The lowest BCUT2D eigenvalue weighted by molar-refractivity contribution is 0.280. The standard InChI is InChI=1S/C20H27NO2/c1-2-21(15-7-11-17-9-4-3-5-10-17)16-8-13-18-12-6-14-19(22)20(18)23/h3-6,9-10,12,14,22-23H,2,7-8,11,13,15-16H2,1H3. The van der Waals surface area contributed by atoms with E-state index in [1.54, 1.807) is 6.07 Å². The Morgan fingerprint density at radius 1 is 0.826 bits per heavy atom. The van der Waals surface area contributed by atoms with Crippen LogP contribution in [0.1, 0.15) is 30.9 Å². The molecule has 0 radical (unpaired) electrons. The van der Waals surface area contributed by atoms with Gasteiger partial charge in [-0.15, -0.1) is 0 Å². The van der Waals surface area contributed by atoms with E-state index in [2.05, 4.69) is 42.2 Å². The van der Waals surface area contributed by atoms with Crippen LogP contribution in [0.5, 0.6) is 11.5 Å². The highest BCUT2D eigenvalue weighted by Crippen LogP contribution is 2.28. The minimum atomic E-state index is -0.0299. The van der Waals surface area contributed by atoms with Gasteiger partial charge in [-0.05, 0) is 62.5 Å². The summed E-state index contributed by atoms with van der Waals surface area (Å²) in [5, 5.41) is 19.3. The second-order valence-electron chi connectivity index (χ2n) is 5.91. The van der Waals surface area contributed by atoms with Crippen LogP contribution in [-0.4, -0.2) is 34.7 Å². The predicted octanol–water partition coefficient (Wildman–Crippen LogP) is 3.99. The van der Waals surface area contributed by atoms with Crippen molar-refractivity contribution in [1.29, 1.82) is 0 Å². The number of hydrogen-bond donors (Lipinski definition) is 2. The Labute approximate surface area is 139 Å². The molecule has 0 aliphatic rings. The molecular formula is C20H27NO2. The van der Waals surface area contributed by atoms with E-state index in [4.69, 9.17) is 0 Å². The highest BCUT2D eigenvalue weighted by Gasteiger charge is 2.07. The van der Waals surface area contributed by atoms with Gasteiger partial charge in [0.25, 0.3) is 0 Å². The third-order valence-electron chi connectivity index (χ3n) is 4.25. The number of phenolic OH excluding ortho intramolecular Hbond substituents is 2. The van der Waals surface area contributed by atoms with Crippen molar-refractivity contribution < 1.29 is 10.2 Å². The van der Waals surface area contributed by atoms with Crippen molar-refractivity contribution in [2.75, 3.05) is 19.6 Å². The van der Waals surface area contributed by atoms with Crippen LogP contribution in [0.4, 0.5) is 0 Å². The number of aromatic hydroxyl groups is 2. The molecule has 0 bridgehead atoms. The third kappa shape index (κ3) is 5.61. The lowest BCUT2D eigenvalue weighted by atomic mass is 10.1. The van der Waals surface area contributed by atoms with Crippen LogP contribution >= 0.6 is 0 Å². The highest BCUT2D eigenvalue weighted by molar-refractivity contribution is 5.44. The molecule has 0 saturated carbocycles. The molecule has 0 fully saturated rings. The van der Waals surface area contributed by atoms with Crippen molar-refractivity contribution in [2.24, 2.45) is 0 Å². The van der Waals surface area contributed by atoms with E-state index in [9.17, 15) is 10.2 Å². The summed E-state index contributed by atoms with van der Waals surface area (Å²) in [6.07, 6.45) is 4.05. The number of benzene rings is 2. The van der Waals surface area contributed by atoms with Crippen LogP contribution < -0.4 is 0 Å². The summed E-state index contributed by atoms with van der Waals surface area (Å²) in [5.74, 6) is -0.00247. The molecule has 0 aliphatic carbocycles. The third-order valence-corrected chi connectivity index (χ3v) is 4.25. The van der Waals surface area contributed by atoms with E-state index < -0.39 is 0 Å². The first-order valence-corrected chi connectivity index (χ1v) is 8.46. The second kappa shape index (κ2) is 9.21. The first-order chi connectivity index (χ1) is 11.2. The fourth-order valence-corrected chi connectivity index (χ4v) is 2.85. The maximum Gasteiger partial charge on any atom is 0.160 e. The molecule has 2 aromatic rings. The number of nitrogens with zero attached hydrogens (tertiary/aromatic N) is 1. The summed E-state index contributed by atoms with van der Waals surface area (Å²) in [6.45, 7) is 5.34. The van der Waals surface area contributed by atoms with Gasteiger partial charge in [0.05, 0.1) is 0 Å². The van der Waals surface area contributed by atoms with E-state index in [0.29, 0.717) is 0 Å². The Balaban J connectivity index is 1.71. The van der Waals surface area contributed by atoms with Crippen molar-refractivity contribution in [1.82, 2.24) is 4.90 Å². The Morgan fingerprint density at radius 3 is 2.22 bits per heavy atom. The lowest BCUT2D eigenvalue weighted by Crippen LogP contribution is -2.26. The molecule has 2 N–H and O–H groups in total. The van der Waals surface area contributed by atoms with Crippen molar-refractivity contribution in [3.8, 4) is 11.5 Å². The van der Waals surface area contributed by atoms with E-state index in [-0.39, 0.29) is 11.5 Å². The van der Waals surface area contributed by atoms with Gasteiger partial charge in [-0.25, -0.2) is 0 Å². The molecule has 0 heterocycles. The maximum absolute atomic E-state index is 9.82. The van der Waals surface area contributed by atoms with Gasteiger partial charge in [-0.2, -0.15) is 0 Å². The summed E-state index contributed by atoms with van der Waals surface area (Å²) in [4.78, 5) is 2.45. The first-order valence-electron chi connectivity index (χ1n) is 8.46. The Bertz CT molecular complexity index is 583. The number of para-hydroxylation sites is 1. The zero-order valence-corrected chi connectivity index (χ0v) is 13.9. The molecule has 2 rings (SSSR count). The summed E-state index contributed by atoms with van der Waals surface area (Å²) >= 11 is 0. The smallest absolute Gasteiger partial charge is 0.160 e. The maximum atomic E-state index is 9.82. The van der Waals surface area contributed by atoms with E-state index in [1.165, 1.54) is 11.6 Å². The molecule has 0 saturated heterocycles. The zero-order chi connectivity index (χ0) is 16.5. The fourth-order valence-electron chi connectivity index (χ4n) is 2.85. The summed E-state index contributed by atoms with van der Waals surface area (Å²) in [5.41, 5.74) is 2.22. The molecule has 3 nitrogen and oxygen atoms in total. The molecule has 0 aliphatic heterocycles. The highest BCUT2D eigenvalue weighted by atomic mass is 16.3. The molecule has 2 aromatic carbocycles. The topological polar surface area (TPSA) is 43.7 Å². The number of phenols is 2. The minimum Gasteiger partial charge on any atom is -0.504 e. The predicted molar refractivity (Wildman–Crippen MR) is 95.0 cm³/mol. The van der Waals surface area contributed by atoms with Crippen molar-refractivity contribution in [3.05, 3.63) is 59.7 Å². The van der Waals surface area contributed by atoms with Crippen molar-refractivity contribution in [2.45, 2.75) is 32.6 Å². The number of rotatable bonds is 9. The van der Waals surface area contributed by atoms with Gasteiger partial charge in [0.15, 0.2) is 11.5 Å². The van der Waals surface area contributed by atoms with Crippen LogP contribution in [0.15, 0.2) is 48.5 Å². The van der Waals surface area contributed by atoms with Gasteiger partial charge in [0.2, 0.25) is 0 Å². The molecule has 0 atom stereocenters. The Morgan fingerprint density at radius 2 is 1.52 bits per heavy atom. The average Bonchev–Trinajstić information content (AvgIpc) is 2.58. The molecule has 23 heavy (non-hydrogen) atoms. The molecular weight excluding hydrogens is 286 g/mol. The quantitative estimate of drug-likeness (QED) is 0.688. The van der Waals surface area contributed by atoms with Crippen molar-refractivity contribution >= 4 is 0 Å². The van der Waals surface area contributed by atoms with Gasteiger partial charge < -0.3 is 15.1 Å². The van der Waals surface area contributed by atoms with Crippen molar-refractivity contribution in [3.63, 3.8) is 0 Å². The van der Waals surface area contributed by atoms with E-state index in [1.807, 2.05) is 6.07 Å². The first kappa shape index (κ1) is 17.4. The van der Waals surface area contributed by atoms with Gasteiger partial charge in [0, 0.05) is 0 Å². The molecule has 0 unspecified atom stereocenters. The SMILES string of the molecule is CCN(CCCc1ccccc1)CCCc1cccc(O)c1O. The van der Waals surface area contributed by atoms with E-state index in [0.717, 1.165) is 50.9 Å². The molecule has 3 heteroatoms. The molecule has 0 amide bonds. The Hall–Kier alpha value is -2.00. The fraction of sp³-hybridized carbons (Fsp3) is 0.400. The van der Waals surface area contributed by atoms with Gasteiger partial charge >= 0.3 is 0 Å². The minimum absolute atomic E-state index is 0.0274. The summed E-state index contributed by atoms with van der Waals surface area (Å²) < 4.78 is 0. The lowest BCUT2D eigenvalue weighted by Gasteiger charge is -2.20. The van der Waals surface area contributed by atoms with Gasteiger partial charge in [-0.1, -0.05) is 49.4 Å². The van der Waals surface area contributed by atoms with Crippen LogP contribution in [-0.2, 0) is 12.8 Å². The number of aryl methyl sites for hydroxylation is 2. The Kier molecular flexibility index (Phi) is 6.95. The van der Waals surface area contributed by atoms with Crippen LogP contribution in [0.2, 0.25) is 0 Å². The van der Waals surface area contributed by atoms with Crippen LogP contribution in [0.25, 0.3) is 0 Å². The van der Waals surface area contributed by atoms with Crippen LogP contribution in [0, 0.1) is 0 Å². The monoisotopic (exact) mass is 313 g/mol. The normalized spacial score (nSPS) is 11.0. The zero-order valence-electron chi connectivity index (χ0n) is 13.9. The molecule has 0 spiro atoms. The largest absolute Gasteiger partial charge is 0.504 e. The molecule has 124 valence electrons. The second-order valence-corrected chi connectivity index (χ2v) is 5.91. The van der Waals surface area contributed by atoms with E-state index >= 15 is 0 Å². The van der Waals surface area contributed by atoms with Gasteiger partial charge in [-0.3, -0.25) is 0 Å². The van der Waals surface area contributed by atoms with Crippen LogP contribution in [0.3, 0.4) is 0 Å². The number of hydrogen-bond acceptors (Lipinski definition) is 3. The average molecular weight is 313 g/mol.